The second kappa shape index (κ2) is 4.97. The summed E-state index contributed by atoms with van der Waals surface area (Å²) in [6.07, 6.45) is 1.43. The van der Waals surface area contributed by atoms with Crippen molar-refractivity contribution in [3.63, 3.8) is 0 Å². The molecule has 0 bridgehead atoms. The second-order valence-corrected chi connectivity index (χ2v) is 5.66. The minimum absolute atomic E-state index is 0.00436. The molecular formula is C10H10ClN3O3S. The number of nitrogens with zero attached hydrogens (tertiary/aromatic N) is 1. The van der Waals surface area contributed by atoms with Crippen molar-refractivity contribution in [2.45, 2.75) is 11.4 Å². The molecule has 1 aromatic heterocycles. The number of hydrogen-bond acceptors (Lipinski definition) is 5. The van der Waals surface area contributed by atoms with Crippen LogP contribution >= 0.6 is 11.6 Å². The van der Waals surface area contributed by atoms with Crippen LogP contribution in [0.25, 0.3) is 0 Å². The number of nitrogen functional groups attached to an aromatic ring is 1. The van der Waals surface area contributed by atoms with E-state index in [9.17, 15) is 8.42 Å². The molecule has 0 amide bonds. The minimum atomic E-state index is -3.71. The number of benzene rings is 1. The molecule has 18 heavy (non-hydrogen) atoms. The van der Waals surface area contributed by atoms with Crippen LogP contribution in [-0.2, 0) is 16.6 Å². The van der Waals surface area contributed by atoms with Gasteiger partial charge in [-0.15, -0.1) is 0 Å². The van der Waals surface area contributed by atoms with E-state index >= 15 is 0 Å². The average Bonchev–Trinajstić information content (AvgIpc) is 2.78. The number of aromatic nitrogens is 1. The first kappa shape index (κ1) is 12.9. The van der Waals surface area contributed by atoms with Gasteiger partial charge < -0.3 is 10.3 Å². The molecule has 6 nitrogen and oxygen atoms in total. The van der Waals surface area contributed by atoms with Gasteiger partial charge in [0.15, 0.2) is 5.76 Å². The van der Waals surface area contributed by atoms with Gasteiger partial charge >= 0.3 is 0 Å². The maximum Gasteiger partial charge on any atom is 0.243 e. The van der Waals surface area contributed by atoms with Gasteiger partial charge in [-0.1, -0.05) is 16.8 Å². The van der Waals surface area contributed by atoms with E-state index in [1.165, 1.54) is 24.4 Å². The topological polar surface area (TPSA) is 98.2 Å². The summed E-state index contributed by atoms with van der Waals surface area (Å²) in [7, 11) is -3.71. The van der Waals surface area contributed by atoms with Gasteiger partial charge in [0.05, 0.1) is 18.4 Å². The summed E-state index contributed by atoms with van der Waals surface area (Å²) in [4.78, 5) is -0.0218. The number of anilines is 1. The highest BCUT2D eigenvalue weighted by molar-refractivity contribution is 7.89. The second-order valence-electron chi connectivity index (χ2n) is 3.49. The Labute approximate surface area is 109 Å². The van der Waals surface area contributed by atoms with E-state index in [-0.39, 0.29) is 17.1 Å². The summed E-state index contributed by atoms with van der Waals surface area (Å²) in [6.45, 7) is 0.00436. The summed E-state index contributed by atoms with van der Waals surface area (Å²) in [5.41, 5.74) is 5.71. The van der Waals surface area contributed by atoms with E-state index in [1.807, 2.05) is 0 Å². The molecule has 0 aliphatic heterocycles. The molecule has 0 unspecified atom stereocenters. The first-order valence-electron chi connectivity index (χ1n) is 4.93. The van der Waals surface area contributed by atoms with Crippen molar-refractivity contribution in [1.82, 2.24) is 9.88 Å². The number of hydrogen-bond donors (Lipinski definition) is 2. The Kier molecular flexibility index (Phi) is 3.55. The third-order valence-electron chi connectivity index (χ3n) is 2.19. The van der Waals surface area contributed by atoms with Crippen LogP contribution in [0, 0.1) is 0 Å². The smallest absolute Gasteiger partial charge is 0.243 e. The molecular weight excluding hydrogens is 278 g/mol. The zero-order chi connectivity index (χ0) is 13.2. The number of sulfonamides is 1. The van der Waals surface area contributed by atoms with Crippen molar-refractivity contribution in [2.24, 2.45) is 0 Å². The largest absolute Gasteiger partial charge is 0.398 e. The number of nitrogens with one attached hydrogen (secondary N) is 1. The van der Waals surface area contributed by atoms with Crippen LogP contribution in [0.1, 0.15) is 5.76 Å². The van der Waals surface area contributed by atoms with Crippen LogP contribution in [0.15, 0.2) is 39.9 Å². The Morgan fingerprint density at radius 1 is 1.39 bits per heavy atom. The van der Waals surface area contributed by atoms with Crippen molar-refractivity contribution in [3.05, 3.63) is 41.2 Å². The molecule has 1 aromatic carbocycles. The maximum atomic E-state index is 12.0. The molecule has 1 heterocycles. The molecule has 3 N–H and O–H groups in total. The Hall–Kier alpha value is -1.57. The quantitative estimate of drug-likeness (QED) is 0.828. The van der Waals surface area contributed by atoms with Gasteiger partial charge in [-0.05, 0) is 18.2 Å². The highest BCUT2D eigenvalue weighted by atomic mass is 35.5. The summed E-state index contributed by atoms with van der Waals surface area (Å²) < 4.78 is 31.1. The Morgan fingerprint density at radius 2 is 2.17 bits per heavy atom. The lowest BCUT2D eigenvalue weighted by molar-refractivity contribution is 0.380. The molecule has 2 rings (SSSR count). The fourth-order valence-corrected chi connectivity index (χ4v) is 2.63. The molecule has 0 saturated heterocycles. The first-order valence-corrected chi connectivity index (χ1v) is 6.79. The van der Waals surface area contributed by atoms with E-state index in [1.54, 1.807) is 6.07 Å². The summed E-state index contributed by atoms with van der Waals surface area (Å²) in [5.74, 6) is 0.408. The van der Waals surface area contributed by atoms with Crippen molar-refractivity contribution >= 4 is 27.3 Å². The maximum absolute atomic E-state index is 12.0. The van der Waals surface area contributed by atoms with E-state index in [4.69, 9.17) is 21.9 Å². The van der Waals surface area contributed by atoms with Gasteiger partial charge in [0.25, 0.3) is 0 Å². The monoisotopic (exact) mass is 287 g/mol. The zero-order valence-corrected chi connectivity index (χ0v) is 10.7. The Balaban J connectivity index is 2.20. The minimum Gasteiger partial charge on any atom is -0.398 e. The van der Waals surface area contributed by atoms with Crippen molar-refractivity contribution in [3.8, 4) is 0 Å². The fourth-order valence-electron chi connectivity index (χ4n) is 1.34. The highest BCUT2D eigenvalue weighted by Gasteiger charge is 2.17. The average molecular weight is 288 g/mol. The van der Waals surface area contributed by atoms with E-state index in [2.05, 4.69) is 9.88 Å². The molecule has 0 fully saturated rings. The van der Waals surface area contributed by atoms with Gasteiger partial charge in [0, 0.05) is 11.1 Å². The molecule has 8 heteroatoms. The fraction of sp³-hybridized carbons (Fsp3) is 0.100. The lowest BCUT2D eigenvalue weighted by atomic mass is 10.3. The van der Waals surface area contributed by atoms with Crippen molar-refractivity contribution in [2.75, 3.05) is 5.73 Å². The SMILES string of the molecule is Nc1cc(Cl)ccc1S(=O)(=O)NCc1ccno1. The van der Waals surface area contributed by atoms with Crippen molar-refractivity contribution in [1.29, 1.82) is 0 Å². The predicted octanol–water partition coefficient (Wildman–Crippen LogP) is 1.39. The Bertz CT molecular complexity index is 640. The third kappa shape index (κ3) is 2.81. The molecule has 2 aromatic rings. The molecule has 0 atom stereocenters. The van der Waals surface area contributed by atoms with E-state index < -0.39 is 10.0 Å². The van der Waals surface area contributed by atoms with Crippen LogP contribution < -0.4 is 10.5 Å². The number of halogens is 1. The van der Waals surface area contributed by atoms with Gasteiger partial charge in [0.2, 0.25) is 10.0 Å². The molecule has 0 saturated carbocycles. The molecule has 0 aliphatic rings. The van der Waals surface area contributed by atoms with E-state index in [0.717, 1.165) is 0 Å². The van der Waals surface area contributed by atoms with Crippen molar-refractivity contribution < 1.29 is 12.9 Å². The predicted molar refractivity (Wildman–Crippen MR) is 66.4 cm³/mol. The van der Waals surface area contributed by atoms with Crippen LogP contribution in [0.5, 0.6) is 0 Å². The van der Waals surface area contributed by atoms with Crippen LogP contribution in [-0.4, -0.2) is 13.6 Å². The molecule has 0 aliphatic carbocycles. The van der Waals surface area contributed by atoms with Crippen LogP contribution in [0.4, 0.5) is 5.69 Å². The highest BCUT2D eigenvalue weighted by Crippen LogP contribution is 2.22. The third-order valence-corrected chi connectivity index (χ3v) is 3.90. The van der Waals surface area contributed by atoms with Crippen LogP contribution in [0.2, 0.25) is 5.02 Å². The summed E-state index contributed by atoms with van der Waals surface area (Å²) in [6, 6.07) is 5.75. The summed E-state index contributed by atoms with van der Waals surface area (Å²) >= 11 is 5.71. The molecule has 96 valence electrons. The van der Waals surface area contributed by atoms with E-state index in [0.29, 0.717) is 10.8 Å². The lowest BCUT2D eigenvalue weighted by Crippen LogP contribution is -2.23. The van der Waals surface area contributed by atoms with Gasteiger partial charge in [-0.2, -0.15) is 0 Å². The number of nitrogens with two attached hydrogens (primary N) is 1. The Morgan fingerprint density at radius 3 is 2.78 bits per heavy atom. The lowest BCUT2D eigenvalue weighted by Gasteiger charge is -2.08. The number of rotatable bonds is 4. The van der Waals surface area contributed by atoms with Crippen LogP contribution in [0.3, 0.4) is 0 Å². The van der Waals surface area contributed by atoms with Gasteiger partial charge in [-0.25, -0.2) is 13.1 Å². The normalized spacial score (nSPS) is 11.6. The van der Waals surface area contributed by atoms with Gasteiger partial charge in [-0.3, -0.25) is 0 Å². The van der Waals surface area contributed by atoms with Gasteiger partial charge in [0.1, 0.15) is 4.90 Å². The molecule has 0 spiro atoms. The summed E-state index contributed by atoms with van der Waals surface area (Å²) in [5, 5.41) is 3.85. The first-order chi connectivity index (χ1) is 8.49. The standard InChI is InChI=1S/C10H10ClN3O3S/c11-7-1-2-10(9(12)5-7)18(15,16)14-6-8-3-4-13-17-8/h1-5,14H,6,12H2. The molecule has 0 radical (unpaired) electrons. The zero-order valence-electron chi connectivity index (χ0n) is 9.13.